The minimum absolute atomic E-state index is 0.116. The van der Waals surface area contributed by atoms with Crippen molar-refractivity contribution in [2.75, 3.05) is 26.2 Å². The van der Waals surface area contributed by atoms with E-state index in [-0.39, 0.29) is 36.6 Å². The highest BCUT2D eigenvalue weighted by Crippen LogP contribution is 2.30. The third-order valence-electron chi connectivity index (χ3n) is 7.24. The lowest BCUT2D eigenvalue weighted by Gasteiger charge is -2.27. The summed E-state index contributed by atoms with van der Waals surface area (Å²) in [6.07, 6.45) is 12.6. The number of nitrogens with zero attached hydrogens (tertiary/aromatic N) is 9. The molecule has 0 radical (unpaired) electrons. The summed E-state index contributed by atoms with van der Waals surface area (Å²) < 4.78 is 43.2. The fourth-order valence-electron chi connectivity index (χ4n) is 5.28. The number of carbonyl (C=O) groups excluding carboxylic acids is 1. The van der Waals surface area contributed by atoms with Gasteiger partial charge in [-0.2, -0.15) is 0 Å². The van der Waals surface area contributed by atoms with Crippen molar-refractivity contribution in [3.8, 4) is 0 Å². The molecule has 0 aliphatic carbocycles. The van der Waals surface area contributed by atoms with E-state index < -0.39 is 17.5 Å². The second-order valence-corrected chi connectivity index (χ2v) is 10.4. The van der Waals surface area contributed by atoms with Gasteiger partial charge in [-0.05, 0) is 42.0 Å². The first kappa shape index (κ1) is 29.4. The van der Waals surface area contributed by atoms with Gasteiger partial charge in [0.2, 0.25) is 5.91 Å². The van der Waals surface area contributed by atoms with Crippen LogP contribution in [0.2, 0.25) is 5.15 Å². The van der Waals surface area contributed by atoms with E-state index in [2.05, 4.69) is 31.8 Å². The second kappa shape index (κ2) is 13.7. The number of hydrogen-bond donors (Lipinski definition) is 0. The van der Waals surface area contributed by atoms with Gasteiger partial charge in [-0.1, -0.05) is 30.1 Å². The number of azide groups is 1. The van der Waals surface area contributed by atoms with Crippen LogP contribution in [0.25, 0.3) is 10.4 Å². The van der Waals surface area contributed by atoms with E-state index in [9.17, 15) is 18.0 Å². The molecule has 14 heteroatoms. The highest BCUT2D eigenvalue weighted by molar-refractivity contribution is 6.29. The summed E-state index contributed by atoms with van der Waals surface area (Å²) in [5.41, 5.74) is 8.78. The van der Waals surface area contributed by atoms with Crippen LogP contribution >= 0.6 is 11.6 Å². The van der Waals surface area contributed by atoms with E-state index >= 15 is 0 Å². The van der Waals surface area contributed by atoms with Crippen LogP contribution in [0.5, 0.6) is 0 Å². The Morgan fingerprint density at radius 1 is 1.23 bits per heavy atom. The first-order chi connectivity index (χ1) is 19.3. The van der Waals surface area contributed by atoms with Crippen molar-refractivity contribution >= 4 is 17.5 Å². The van der Waals surface area contributed by atoms with E-state index in [0.29, 0.717) is 18.2 Å². The Labute approximate surface area is 235 Å². The Balaban J connectivity index is 0.000000189. The maximum Gasteiger partial charge on any atom is 0.224 e. The molecular weight excluding hydrogens is 547 g/mol. The summed E-state index contributed by atoms with van der Waals surface area (Å²) in [6, 6.07) is 1.88. The first-order valence-corrected chi connectivity index (χ1v) is 13.5. The van der Waals surface area contributed by atoms with Crippen LogP contribution in [-0.4, -0.2) is 61.0 Å². The minimum atomic E-state index is -1.50. The molecule has 2 fully saturated rings. The molecule has 2 aromatic heterocycles. The molecule has 3 aromatic rings. The van der Waals surface area contributed by atoms with Crippen molar-refractivity contribution < 1.29 is 18.0 Å². The van der Waals surface area contributed by atoms with Gasteiger partial charge in [0.25, 0.3) is 0 Å². The van der Waals surface area contributed by atoms with Gasteiger partial charge in [-0.15, -0.1) is 0 Å². The molecule has 40 heavy (non-hydrogen) atoms. The molecule has 5 rings (SSSR count). The molecule has 3 atom stereocenters. The van der Waals surface area contributed by atoms with E-state index in [1.54, 1.807) is 23.3 Å². The molecule has 0 N–H and O–H groups in total. The molecule has 2 saturated heterocycles. The third-order valence-corrected chi connectivity index (χ3v) is 7.44. The Kier molecular flexibility index (Phi) is 10.1. The standard InChI is InChI=1S/C14H11ClF3N3O.C12H20N6/c15-12-5-20(6-19-12)7-21-4-9(3-13(21)22)8-1-10(16)14(18)11(17)2-8;1-2-3-11-4-6-17(9-11)12(8-15-16-13)18-7-5-14-10-18/h1-2,5-6,9H,3-4,7H2;5,7,10-12H,2-4,6,8-9H2,1H3. The summed E-state index contributed by atoms with van der Waals surface area (Å²) in [5, 5.41) is 4.04. The Morgan fingerprint density at radius 2 is 2.00 bits per heavy atom. The molecule has 214 valence electrons. The van der Waals surface area contributed by atoms with E-state index in [4.69, 9.17) is 17.1 Å². The average molecular weight is 578 g/mol. The largest absolute Gasteiger partial charge is 0.324 e. The highest BCUT2D eigenvalue weighted by atomic mass is 35.5. The quantitative estimate of drug-likeness (QED) is 0.140. The van der Waals surface area contributed by atoms with Crippen LogP contribution in [0, 0.1) is 23.4 Å². The third kappa shape index (κ3) is 7.35. The van der Waals surface area contributed by atoms with Gasteiger partial charge in [0.05, 0.1) is 32.0 Å². The summed E-state index contributed by atoms with van der Waals surface area (Å²) in [5.74, 6) is -3.74. The van der Waals surface area contributed by atoms with Gasteiger partial charge in [-0.25, -0.2) is 23.1 Å². The summed E-state index contributed by atoms with van der Waals surface area (Å²) in [7, 11) is 0. The molecule has 2 aliphatic heterocycles. The summed E-state index contributed by atoms with van der Waals surface area (Å²) in [6.45, 7) is 5.41. The molecule has 1 amide bonds. The van der Waals surface area contributed by atoms with Crippen molar-refractivity contribution in [3.05, 3.63) is 82.0 Å². The Hall–Kier alpha value is -3.54. The van der Waals surface area contributed by atoms with Crippen molar-refractivity contribution in [3.63, 3.8) is 0 Å². The lowest BCUT2D eigenvalue weighted by atomic mass is 9.98. The predicted molar refractivity (Wildman–Crippen MR) is 142 cm³/mol. The van der Waals surface area contributed by atoms with Gasteiger partial charge in [-0.3, -0.25) is 9.69 Å². The molecule has 0 saturated carbocycles. The molecule has 0 bridgehead atoms. The van der Waals surface area contributed by atoms with Crippen molar-refractivity contribution in [1.29, 1.82) is 0 Å². The van der Waals surface area contributed by atoms with Crippen LogP contribution < -0.4 is 0 Å². The minimum Gasteiger partial charge on any atom is -0.324 e. The number of likely N-dealkylation sites (tertiary alicyclic amines) is 2. The maximum atomic E-state index is 13.3. The average Bonchev–Trinajstić information content (AvgIpc) is 3.74. The lowest BCUT2D eigenvalue weighted by molar-refractivity contribution is -0.129. The Morgan fingerprint density at radius 3 is 2.62 bits per heavy atom. The number of rotatable bonds is 9. The monoisotopic (exact) mass is 577 g/mol. The number of imidazole rings is 2. The molecule has 1 aromatic carbocycles. The number of halogens is 4. The number of hydrogen-bond acceptors (Lipinski definition) is 5. The fourth-order valence-corrected chi connectivity index (χ4v) is 5.45. The van der Waals surface area contributed by atoms with Gasteiger partial charge >= 0.3 is 0 Å². The molecule has 2 aliphatic rings. The van der Waals surface area contributed by atoms with Crippen molar-refractivity contribution in [1.82, 2.24) is 28.9 Å². The Bertz CT molecular complexity index is 1310. The SMILES string of the molecule is CCCC1CCN(C(CN=[N+]=[N-])n2ccnc2)C1.O=C1CC(c2cc(F)c(F)c(F)c2)CN1Cn1cnc(Cl)c1. The number of carbonyl (C=O) groups is 1. The molecule has 0 spiro atoms. The zero-order valence-corrected chi connectivity index (χ0v) is 22.8. The van der Waals surface area contributed by atoms with Gasteiger partial charge in [0.15, 0.2) is 17.5 Å². The van der Waals surface area contributed by atoms with E-state index in [1.165, 1.54) is 30.5 Å². The van der Waals surface area contributed by atoms with Crippen molar-refractivity contribution in [2.45, 2.75) is 51.4 Å². The summed E-state index contributed by atoms with van der Waals surface area (Å²) >= 11 is 5.70. The van der Waals surface area contributed by atoms with Crippen LogP contribution in [-0.2, 0) is 11.5 Å². The molecule has 4 heterocycles. The zero-order chi connectivity index (χ0) is 28.6. The van der Waals surface area contributed by atoms with Crippen LogP contribution in [0.3, 0.4) is 0 Å². The van der Waals surface area contributed by atoms with Crippen LogP contribution in [0.15, 0.2) is 48.5 Å². The summed E-state index contributed by atoms with van der Waals surface area (Å²) in [4.78, 5) is 26.7. The highest BCUT2D eigenvalue weighted by Gasteiger charge is 2.32. The topological polar surface area (TPSA) is 108 Å². The predicted octanol–water partition coefficient (Wildman–Crippen LogP) is 5.74. The van der Waals surface area contributed by atoms with E-state index in [1.807, 2.05) is 10.8 Å². The lowest BCUT2D eigenvalue weighted by Crippen LogP contribution is -2.32. The van der Waals surface area contributed by atoms with Crippen LogP contribution in [0.1, 0.15) is 50.3 Å². The molecule has 3 unspecified atom stereocenters. The molecular formula is C26H31ClF3N9O. The smallest absolute Gasteiger partial charge is 0.224 e. The maximum absolute atomic E-state index is 13.3. The van der Waals surface area contributed by atoms with Gasteiger partial charge in [0.1, 0.15) is 5.15 Å². The normalized spacial score (nSPS) is 19.8. The first-order valence-electron chi connectivity index (χ1n) is 13.1. The van der Waals surface area contributed by atoms with Gasteiger partial charge < -0.3 is 14.0 Å². The fraction of sp³-hybridized carbons (Fsp3) is 0.500. The van der Waals surface area contributed by atoms with Gasteiger partial charge in [0, 0.05) is 55.5 Å². The second-order valence-electron chi connectivity index (χ2n) is 10.0. The number of aromatic nitrogens is 4. The van der Waals surface area contributed by atoms with Crippen LogP contribution in [0.4, 0.5) is 13.2 Å². The zero-order valence-electron chi connectivity index (χ0n) is 22.1. The van der Waals surface area contributed by atoms with Crippen molar-refractivity contribution in [2.24, 2.45) is 11.0 Å². The molecule has 10 nitrogen and oxygen atoms in total. The number of benzene rings is 1. The number of amides is 1. The van der Waals surface area contributed by atoms with E-state index in [0.717, 1.165) is 31.1 Å².